The van der Waals surface area contributed by atoms with Crippen molar-refractivity contribution in [3.05, 3.63) is 34.3 Å². The lowest BCUT2D eigenvalue weighted by molar-refractivity contribution is -0.144. The maximum Gasteiger partial charge on any atom is 0.323 e. The fraction of sp³-hybridized carbons (Fsp3) is 0.462. The van der Waals surface area contributed by atoms with Crippen LogP contribution < -0.4 is 5.73 Å². The highest BCUT2D eigenvalue weighted by Crippen LogP contribution is 2.22. The summed E-state index contributed by atoms with van der Waals surface area (Å²) in [5.41, 5.74) is 7.90. The minimum absolute atomic E-state index is 0.347. The monoisotopic (exact) mass is 287 g/mol. The Morgan fingerprint density at radius 1 is 1.56 bits per heavy atom. The van der Waals surface area contributed by atoms with Crippen molar-refractivity contribution < 1.29 is 9.53 Å². The molecule has 0 radical (unpaired) electrons. The van der Waals surface area contributed by atoms with Gasteiger partial charge < -0.3 is 10.5 Å². The zero-order chi connectivity index (χ0) is 13.5. The number of hydrogen-bond acceptors (Lipinski definition) is 4. The summed E-state index contributed by atoms with van der Waals surface area (Å²) in [5, 5.41) is 0.757. The van der Waals surface area contributed by atoms with Gasteiger partial charge in [-0.05, 0) is 31.0 Å². The predicted octanol–water partition coefficient (Wildman–Crippen LogP) is 2.77. The second-order valence-corrected chi connectivity index (χ2v) is 5.41. The standard InChI is InChI=1S/C13H18ClNO2S/c1-3-17-13(16)12(15)8-18-7-10-5-4-9(2)6-11(10)14/h4-6,12H,3,7-8,15H2,1-2H3. The molecule has 1 unspecified atom stereocenters. The van der Waals surface area contributed by atoms with Crippen molar-refractivity contribution in [2.45, 2.75) is 25.6 Å². The number of halogens is 1. The van der Waals surface area contributed by atoms with Gasteiger partial charge in [-0.3, -0.25) is 4.79 Å². The fourth-order valence-corrected chi connectivity index (χ4v) is 2.74. The van der Waals surface area contributed by atoms with Crippen LogP contribution in [0.25, 0.3) is 0 Å². The predicted molar refractivity (Wildman–Crippen MR) is 77.0 cm³/mol. The van der Waals surface area contributed by atoms with Gasteiger partial charge in [0, 0.05) is 16.5 Å². The molecule has 0 fully saturated rings. The topological polar surface area (TPSA) is 52.3 Å². The molecular formula is C13H18ClNO2S. The van der Waals surface area contributed by atoms with Crippen LogP contribution in [0.5, 0.6) is 0 Å². The molecule has 0 bridgehead atoms. The minimum Gasteiger partial charge on any atom is -0.465 e. The molecule has 1 rings (SSSR count). The van der Waals surface area contributed by atoms with E-state index in [2.05, 4.69) is 0 Å². The number of nitrogens with two attached hydrogens (primary N) is 1. The zero-order valence-corrected chi connectivity index (χ0v) is 12.2. The first-order valence-electron chi connectivity index (χ1n) is 5.79. The van der Waals surface area contributed by atoms with Crippen LogP contribution >= 0.6 is 23.4 Å². The molecule has 5 heteroatoms. The Morgan fingerprint density at radius 2 is 2.28 bits per heavy atom. The number of aryl methyl sites for hydroxylation is 1. The number of ether oxygens (including phenoxy) is 1. The number of rotatable bonds is 6. The molecule has 100 valence electrons. The van der Waals surface area contributed by atoms with Gasteiger partial charge in [-0.2, -0.15) is 11.8 Å². The third kappa shape index (κ3) is 4.88. The second kappa shape index (κ2) is 7.67. The number of thioether (sulfide) groups is 1. The van der Waals surface area contributed by atoms with E-state index in [0.717, 1.165) is 21.9 Å². The molecule has 0 aliphatic carbocycles. The Kier molecular flexibility index (Phi) is 6.54. The molecule has 0 aromatic heterocycles. The molecule has 0 saturated carbocycles. The first-order valence-corrected chi connectivity index (χ1v) is 7.32. The van der Waals surface area contributed by atoms with Crippen LogP contribution in [0.4, 0.5) is 0 Å². The second-order valence-electron chi connectivity index (χ2n) is 3.97. The highest BCUT2D eigenvalue weighted by molar-refractivity contribution is 7.98. The van der Waals surface area contributed by atoms with Crippen LogP contribution in [0.2, 0.25) is 5.02 Å². The third-order valence-corrected chi connectivity index (χ3v) is 3.81. The molecule has 1 atom stereocenters. The summed E-state index contributed by atoms with van der Waals surface area (Å²) in [6.45, 7) is 4.13. The van der Waals surface area contributed by atoms with Crippen molar-refractivity contribution >= 4 is 29.3 Å². The van der Waals surface area contributed by atoms with E-state index in [4.69, 9.17) is 22.1 Å². The van der Waals surface area contributed by atoms with Gasteiger partial charge >= 0.3 is 5.97 Å². The lowest BCUT2D eigenvalue weighted by Crippen LogP contribution is -2.34. The number of benzene rings is 1. The quantitative estimate of drug-likeness (QED) is 0.818. The van der Waals surface area contributed by atoms with Gasteiger partial charge in [0.2, 0.25) is 0 Å². The minimum atomic E-state index is -0.570. The Labute approximate surface area is 117 Å². The van der Waals surface area contributed by atoms with Crippen molar-refractivity contribution in [1.82, 2.24) is 0 Å². The van der Waals surface area contributed by atoms with Gasteiger partial charge in [0.05, 0.1) is 6.61 Å². The smallest absolute Gasteiger partial charge is 0.323 e. The molecule has 0 heterocycles. The Morgan fingerprint density at radius 3 is 2.89 bits per heavy atom. The van der Waals surface area contributed by atoms with Gasteiger partial charge in [0.25, 0.3) is 0 Å². The van der Waals surface area contributed by atoms with E-state index in [0.29, 0.717) is 12.4 Å². The Balaban J connectivity index is 2.39. The summed E-state index contributed by atoms with van der Waals surface area (Å²) in [6.07, 6.45) is 0. The van der Waals surface area contributed by atoms with E-state index in [9.17, 15) is 4.79 Å². The van der Waals surface area contributed by atoms with E-state index < -0.39 is 6.04 Å². The number of carbonyl (C=O) groups is 1. The molecule has 18 heavy (non-hydrogen) atoms. The van der Waals surface area contributed by atoms with E-state index in [1.165, 1.54) is 0 Å². The van der Waals surface area contributed by atoms with Gasteiger partial charge in [-0.15, -0.1) is 0 Å². The normalized spacial score (nSPS) is 12.2. The molecule has 1 aromatic carbocycles. The number of hydrogen-bond donors (Lipinski definition) is 1. The van der Waals surface area contributed by atoms with Gasteiger partial charge in [-0.1, -0.05) is 23.7 Å². The molecule has 3 nitrogen and oxygen atoms in total. The third-order valence-electron chi connectivity index (χ3n) is 2.35. The van der Waals surface area contributed by atoms with Crippen molar-refractivity contribution in [3.63, 3.8) is 0 Å². The van der Waals surface area contributed by atoms with Crippen LogP contribution in [-0.4, -0.2) is 24.4 Å². The summed E-state index contributed by atoms with van der Waals surface area (Å²) < 4.78 is 4.84. The summed E-state index contributed by atoms with van der Waals surface area (Å²) in [4.78, 5) is 11.3. The summed E-state index contributed by atoms with van der Waals surface area (Å²) in [6, 6.07) is 5.38. The van der Waals surface area contributed by atoms with Gasteiger partial charge in [0.1, 0.15) is 6.04 Å². The van der Waals surface area contributed by atoms with Crippen molar-refractivity contribution in [2.75, 3.05) is 12.4 Å². The molecule has 2 N–H and O–H groups in total. The van der Waals surface area contributed by atoms with Crippen molar-refractivity contribution in [1.29, 1.82) is 0 Å². The number of carbonyl (C=O) groups excluding carboxylic acids is 1. The molecular weight excluding hydrogens is 270 g/mol. The molecule has 0 saturated heterocycles. The van der Waals surface area contributed by atoms with Gasteiger partial charge in [0.15, 0.2) is 0 Å². The van der Waals surface area contributed by atoms with Crippen molar-refractivity contribution in [2.24, 2.45) is 5.73 Å². The summed E-state index contributed by atoms with van der Waals surface area (Å²) in [5.74, 6) is 0.926. The maximum atomic E-state index is 11.3. The summed E-state index contributed by atoms with van der Waals surface area (Å²) >= 11 is 7.70. The SMILES string of the molecule is CCOC(=O)C(N)CSCc1ccc(C)cc1Cl. The van der Waals surface area contributed by atoms with Crippen LogP contribution in [0.15, 0.2) is 18.2 Å². The van der Waals surface area contributed by atoms with Gasteiger partial charge in [-0.25, -0.2) is 0 Å². The van der Waals surface area contributed by atoms with Crippen LogP contribution in [0, 0.1) is 6.92 Å². The molecule has 0 spiro atoms. The Bertz CT molecular complexity index is 412. The first kappa shape index (κ1) is 15.3. The fourth-order valence-electron chi connectivity index (χ4n) is 1.38. The van der Waals surface area contributed by atoms with Crippen LogP contribution in [0.1, 0.15) is 18.1 Å². The zero-order valence-electron chi connectivity index (χ0n) is 10.6. The van der Waals surface area contributed by atoms with E-state index in [1.54, 1.807) is 18.7 Å². The molecule has 0 aliphatic rings. The number of esters is 1. The molecule has 1 aromatic rings. The van der Waals surface area contributed by atoms with Crippen LogP contribution in [0.3, 0.4) is 0 Å². The highest BCUT2D eigenvalue weighted by Gasteiger charge is 2.14. The lowest BCUT2D eigenvalue weighted by atomic mass is 10.2. The van der Waals surface area contributed by atoms with Crippen molar-refractivity contribution in [3.8, 4) is 0 Å². The average Bonchev–Trinajstić information content (AvgIpc) is 2.32. The average molecular weight is 288 g/mol. The highest BCUT2D eigenvalue weighted by atomic mass is 35.5. The van der Waals surface area contributed by atoms with E-state index in [-0.39, 0.29) is 5.97 Å². The maximum absolute atomic E-state index is 11.3. The van der Waals surface area contributed by atoms with E-state index >= 15 is 0 Å². The lowest BCUT2D eigenvalue weighted by Gasteiger charge is -2.10. The van der Waals surface area contributed by atoms with E-state index in [1.807, 2.05) is 25.1 Å². The molecule has 0 aliphatic heterocycles. The molecule has 0 amide bonds. The largest absolute Gasteiger partial charge is 0.465 e. The summed E-state index contributed by atoms with van der Waals surface area (Å²) in [7, 11) is 0. The Hall–Kier alpha value is -0.710. The first-order chi connectivity index (χ1) is 8.54. The van der Waals surface area contributed by atoms with Crippen LogP contribution in [-0.2, 0) is 15.3 Å².